The minimum atomic E-state index is 0.461. The minimum Gasteiger partial charge on any atom is -0.372 e. The lowest BCUT2D eigenvalue weighted by Gasteiger charge is -2.20. The lowest BCUT2D eigenvalue weighted by Crippen LogP contribution is -2.21. The van der Waals surface area contributed by atoms with E-state index in [-0.39, 0.29) is 0 Å². The van der Waals surface area contributed by atoms with Gasteiger partial charge in [0.25, 0.3) is 0 Å². The molecule has 0 unspecified atom stereocenters. The Bertz CT molecular complexity index is 866. The number of nitrogens with one attached hydrogen (secondary N) is 1. The largest absolute Gasteiger partial charge is 0.372 e. The van der Waals surface area contributed by atoms with Crippen LogP contribution in [0.5, 0.6) is 0 Å². The Morgan fingerprint density at radius 1 is 1.00 bits per heavy atom. The summed E-state index contributed by atoms with van der Waals surface area (Å²) >= 11 is 19.9. The van der Waals surface area contributed by atoms with Gasteiger partial charge in [-0.3, -0.25) is 0 Å². The third-order valence-electron chi connectivity index (χ3n) is 4.03. The maximum atomic E-state index is 6.22. The average Bonchev–Trinajstić information content (AvgIpc) is 3.08. The van der Waals surface area contributed by atoms with Gasteiger partial charge < -0.3 is 10.2 Å². The summed E-state index contributed by atoms with van der Waals surface area (Å²) in [5.41, 5.74) is 3.80. The van der Waals surface area contributed by atoms with Crippen molar-refractivity contribution in [2.75, 3.05) is 23.3 Å². The molecule has 0 amide bonds. The molecule has 3 nitrogen and oxygen atoms in total. The van der Waals surface area contributed by atoms with E-state index in [2.05, 4.69) is 53.3 Å². The number of hydrogen-bond donors (Lipinski definition) is 1. The summed E-state index contributed by atoms with van der Waals surface area (Å²) < 4.78 is 0. The highest BCUT2D eigenvalue weighted by molar-refractivity contribution is 7.14. The summed E-state index contributed by atoms with van der Waals surface area (Å²) in [6.07, 6.45) is 0. The van der Waals surface area contributed by atoms with Crippen molar-refractivity contribution in [1.29, 1.82) is 0 Å². The highest BCUT2D eigenvalue weighted by Crippen LogP contribution is 2.37. The highest BCUT2D eigenvalue weighted by Gasteiger charge is 2.11. The van der Waals surface area contributed by atoms with Crippen LogP contribution in [0, 0.1) is 0 Å². The number of benzene rings is 2. The van der Waals surface area contributed by atoms with Crippen LogP contribution >= 0.6 is 46.1 Å². The Balaban J connectivity index is 1.80. The van der Waals surface area contributed by atoms with Crippen LogP contribution in [0.25, 0.3) is 11.3 Å². The zero-order chi connectivity index (χ0) is 18.7. The number of anilines is 3. The minimum absolute atomic E-state index is 0.461. The highest BCUT2D eigenvalue weighted by atomic mass is 35.5. The van der Waals surface area contributed by atoms with Gasteiger partial charge in [-0.25, -0.2) is 4.98 Å². The molecule has 136 valence electrons. The molecule has 0 aliphatic heterocycles. The van der Waals surface area contributed by atoms with E-state index in [1.54, 1.807) is 12.1 Å². The van der Waals surface area contributed by atoms with Gasteiger partial charge in [0, 0.05) is 34.7 Å². The second-order valence-corrected chi connectivity index (χ2v) is 7.74. The Morgan fingerprint density at radius 2 is 1.62 bits per heavy atom. The molecule has 0 aliphatic carbocycles. The number of nitrogens with zero attached hydrogens (tertiary/aromatic N) is 2. The van der Waals surface area contributed by atoms with Gasteiger partial charge in [0.05, 0.1) is 21.4 Å². The van der Waals surface area contributed by atoms with E-state index in [4.69, 9.17) is 34.8 Å². The van der Waals surface area contributed by atoms with Crippen LogP contribution in [0.3, 0.4) is 0 Å². The van der Waals surface area contributed by atoms with E-state index < -0.39 is 0 Å². The Morgan fingerprint density at radius 3 is 2.19 bits per heavy atom. The summed E-state index contributed by atoms with van der Waals surface area (Å²) in [7, 11) is 0. The first-order valence-corrected chi connectivity index (χ1v) is 10.3. The fourth-order valence-corrected chi connectivity index (χ4v) is 4.30. The molecule has 0 atom stereocenters. The van der Waals surface area contributed by atoms with Crippen molar-refractivity contribution in [3.05, 3.63) is 56.8 Å². The van der Waals surface area contributed by atoms with Crippen LogP contribution in [0.15, 0.2) is 41.8 Å². The summed E-state index contributed by atoms with van der Waals surface area (Å²) in [5, 5.41) is 7.33. The molecule has 7 heteroatoms. The van der Waals surface area contributed by atoms with Gasteiger partial charge in [0.2, 0.25) is 0 Å². The van der Waals surface area contributed by atoms with E-state index in [1.165, 1.54) is 17.0 Å². The van der Waals surface area contributed by atoms with Crippen molar-refractivity contribution in [3.8, 4) is 11.3 Å². The first-order chi connectivity index (χ1) is 12.5. The Kier molecular flexibility index (Phi) is 6.30. The second-order valence-electron chi connectivity index (χ2n) is 5.63. The molecular weight excluding hydrogens is 409 g/mol. The third kappa shape index (κ3) is 4.26. The first kappa shape index (κ1) is 19.3. The molecule has 0 saturated heterocycles. The third-order valence-corrected chi connectivity index (χ3v) is 5.61. The number of hydrogen-bond acceptors (Lipinski definition) is 4. The van der Waals surface area contributed by atoms with Crippen LogP contribution < -0.4 is 10.2 Å². The predicted octanol–water partition coefficient (Wildman–Crippen LogP) is 7.36. The van der Waals surface area contributed by atoms with Gasteiger partial charge in [0.15, 0.2) is 5.13 Å². The summed E-state index contributed by atoms with van der Waals surface area (Å²) in [6, 6.07) is 11.7. The molecule has 1 N–H and O–H groups in total. The van der Waals surface area contributed by atoms with E-state index in [1.807, 2.05) is 5.38 Å². The molecule has 0 saturated carbocycles. The van der Waals surface area contributed by atoms with E-state index in [0.717, 1.165) is 29.5 Å². The lowest BCUT2D eigenvalue weighted by atomic mass is 10.1. The molecule has 26 heavy (non-hydrogen) atoms. The van der Waals surface area contributed by atoms with Crippen LogP contribution in [0.2, 0.25) is 15.1 Å². The van der Waals surface area contributed by atoms with Gasteiger partial charge >= 0.3 is 0 Å². The van der Waals surface area contributed by atoms with Gasteiger partial charge in [-0.1, -0.05) is 46.9 Å². The van der Waals surface area contributed by atoms with E-state index in [9.17, 15) is 0 Å². The summed E-state index contributed by atoms with van der Waals surface area (Å²) in [6.45, 7) is 6.29. The Hall–Kier alpha value is -1.46. The Labute approximate surface area is 172 Å². The molecule has 0 radical (unpaired) electrons. The van der Waals surface area contributed by atoms with Gasteiger partial charge in [-0.15, -0.1) is 11.3 Å². The fourth-order valence-electron chi connectivity index (χ4n) is 2.66. The smallest absolute Gasteiger partial charge is 0.187 e. The molecule has 3 rings (SSSR count). The summed E-state index contributed by atoms with van der Waals surface area (Å²) in [5.74, 6) is 0. The van der Waals surface area contributed by atoms with Crippen LogP contribution in [-0.4, -0.2) is 18.1 Å². The molecule has 0 bridgehead atoms. The van der Waals surface area contributed by atoms with Crippen molar-refractivity contribution < 1.29 is 0 Å². The van der Waals surface area contributed by atoms with Crippen molar-refractivity contribution in [2.45, 2.75) is 13.8 Å². The zero-order valence-electron chi connectivity index (χ0n) is 14.4. The van der Waals surface area contributed by atoms with Crippen LogP contribution in [0.1, 0.15) is 13.8 Å². The van der Waals surface area contributed by atoms with Crippen molar-refractivity contribution >= 4 is 62.6 Å². The number of halogens is 3. The van der Waals surface area contributed by atoms with Gasteiger partial charge in [-0.2, -0.15) is 0 Å². The van der Waals surface area contributed by atoms with Crippen LogP contribution in [-0.2, 0) is 0 Å². The molecule has 0 aliphatic rings. The molecule has 3 aromatic rings. The maximum absolute atomic E-state index is 6.22. The normalized spacial score (nSPS) is 10.8. The topological polar surface area (TPSA) is 28.2 Å². The zero-order valence-corrected chi connectivity index (χ0v) is 17.5. The molecule has 1 heterocycles. The number of aromatic nitrogens is 1. The SMILES string of the molecule is CCN(CC)c1ccc(-c2csc(Nc3c(Cl)cc(Cl)cc3Cl)n2)cc1. The van der Waals surface area contributed by atoms with Gasteiger partial charge in [-0.05, 0) is 38.1 Å². The van der Waals surface area contributed by atoms with E-state index >= 15 is 0 Å². The van der Waals surface area contributed by atoms with Crippen LogP contribution in [0.4, 0.5) is 16.5 Å². The quantitative estimate of drug-likeness (QED) is 0.446. The fraction of sp³-hybridized carbons (Fsp3) is 0.211. The molecule has 0 spiro atoms. The average molecular weight is 427 g/mol. The molecule has 0 fully saturated rings. The maximum Gasteiger partial charge on any atom is 0.187 e. The first-order valence-electron chi connectivity index (χ1n) is 8.24. The monoisotopic (exact) mass is 425 g/mol. The second kappa shape index (κ2) is 8.49. The lowest BCUT2D eigenvalue weighted by molar-refractivity contribution is 0.866. The predicted molar refractivity (Wildman–Crippen MR) is 116 cm³/mol. The van der Waals surface area contributed by atoms with E-state index in [0.29, 0.717) is 20.8 Å². The molecule has 2 aromatic carbocycles. The standard InChI is InChI=1S/C19H18Cl3N3S/c1-3-25(4-2)14-7-5-12(6-8-14)17-11-26-19(23-17)24-18-15(21)9-13(20)10-16(18)22/h5-11H,3-4H2,1-2H3,(H,23,24). The van der Waals surface area contributed by atoms with Crippen molar-refractivity contribution in [3.63, 3.8) is 0 Å². The molecular formula is C19H18Cl3N3S. The number of thiazole rings is 1. The summed E-state index contributed by atoms with van der Waals surface area (Å²) in [4.78, 5) is 6.95. The molecule has 1 aromatic heterocycles. The van der Waals surface area contributed by atoms with Gasteiger partial charge in [0.1, 0.15) is 0 Å². The number of rotatable bonds is 6. The van der Waals surface area contributed by atoms with Crippen molar-refractivity contribution in [1.82, 2.24) is 4.98 Å². The van der Waals surface area contributed by atoms with Crippen molar-refractivity contribution in [2.24, 2.45) is 0 Å².